The highest BCUT2D eigenvalue weighted by Crippen LogP contribution is 2.12. The molecule has 0 aliphatic rings. The molecule has 0 saturated heterocycles. The SMILES string of the molecule is CC(=Cc1ccccc1C)CNC(C)(C)C. The summed E-state index contributed by atoms with van der Waals surface area (Å²) in [6, 6.07) is 8.48. The van der Waals surface area contributed by atoms with Crippen LogP contribution in [0.1, 0.15) is 38.8 Å². The lowest BCUT2D eigenvalue weighted by Gasteiger charge is -2.20. The zero-order valence-electron chi connectivity index (χ0n) is 11.1. The maximum absolute atomic E-state index is 3.49. The molecule has 0 saturated carbocycles. The van der Waals surface area contributed by atoms with Gasteiger partial charge in [0.1, 0.15) is 0 Å². The van der Waals surface area contributed by atoms with E-state index >= 15 is 0 Å². The number of hydrogen-bond acceptors (Lipinski definition) is 1. The molecule has 0 unspecified atom stereocenters. The number of hydrogen-bond donors (Lipinski definition) is 1. The van der Waals surface area contributed by atoms with E-state index in [0.717, 1.165) is 6.54 Å². The largest absolute Gasteiger partial charge is 0.308 e. The van der Waals surface area contributed by atoms with E-state index in [-0.39, 0.29) is 5.54 Å². The summed E-state index contributed by atoms with van der Waals surface area (Å²) >= 11 is 0. The predicted molar refractivity (Wildman–Crippen MR) is 72.6 cm³/mol. The van der Waals surface area contributed by atoms with Gasteiger partial charge in [0.15, 0.2) is 0 Å². The van der Waals surface area contributed by atoms with Gasteiger partial charge >= 0.3 is 0 Å². The van der Waals surface area contributed by atoms with Gasteiger partial charge in [-0.2, -0.15) is 0 Å². The zero-order chi connectivity index (χ0) is 12.2. The van der Waals surface area contributed by atoms with E-state index in [1.165, 1.54) is 16.7 Å². The van der Waals surface area contributed by atoms with Crippen molar-refractivity contribution in [2.75, 3.05) is 6.54 Å². The standard InChI is InChI=1S/C15H23N/c1-12(11-16-15(3,4)5)10-14-9-7-6-8-13(14)2/h6-10,16H,11H2,1-5H3. The van der Waals surface area contributed by atoms with E-state index in [2.05, 4.69) is 70.3 Å². The molecule has 1 nitrogen and oxygen atoms in total. The Morgan fingerprint density at radius 3 is 2.44 bits per heavy atom. The number of rotatable bonds is 3. The number of aryl methyl sites for hydroxylation is 1. The maximum atomic E-state index is 3.49. The first-order valence-corrected chi connectivity index (χ1v) is 5.86. The highest BCUT2D eigenvalue weighted by molar-refractivity contribution is 5.56. The van der Waals surface area contributed by atoms with E-state index in [1.807, 2.05) is 0 Å². The third-order valence-corrected chi connectivity index (χ3v) is 2.49. The van der Waals surface area contributed by atoms with Gasteiger partial charge in [-0.3, -0.25) is 0 Å². The zero-order valence-corrected chi connectivity index (χ0v) is 11.1. The van der Waals surface area contributed by atoms with Crippen LogP contribution in [0.2, 0.25) is 0 Å². The monoisotopic (exact) mass is 217 g/mol. The molecule has 0 spiro atoms. The summed E-state index contributed by atoms with van der Waals surface area (Å²) in [5.74, 6) is 0. The third-order valence-electron chi connectivity index (χ3n) is 2.49. The topological polar surface area (TPSA) is 12.0 Å². The molecule has 16 heavy (non-hydrogen) atoms. The summed E-state index contributed by atoms with van der Waals surface area (Å²) in [6.07, 6.45) is 2.26. The first kappa shape index (κ1) is 13.0. The van der Waals surface area contributed by atoms with E-state index in [0.29, 0.717) is 0 Å². The van der Waals surface area contributed by atoms with Crippen molar-refractivity contribution >= 4 is 6.08 Å². The van der Waals surface area contributed by atoms with Gasteiger partial charge in [-0.05, 0) is 45.7 Å². The fourth-order valence-corrected chi connectivity index (χ4v) is 1.47. The van der Waals surface area contributed by atoms with Gasteiger partial charge in [0, 0.05) is 12.1 Å². The quantitative estimate of drug-likeness (QED) is 0.812. The van der Waals surface area contributed by atoms with Crippen LogP contribution in [0, 0.1) is 6.92 Å². The van der Waals surface area contributed by atoms with Crippen molar-refractivity contribution in [3.8, 4) is 0 Å². The van der Waals surface area contributed by atoms with E-state index < -0.39 is 0 Å². The van der Waals surface area contributed by atoms with Crippen LogP contribution in [0.25, 0.3) is 6.08 Å². The number of benzene rings is 1. The van der Waals surface area contributed by atoms with Crippen LogP contribution in [-0.4, -0.2) is 12.1 Å². The van der Waals surface area contributed by atoms with Gasteiger partial charge in [0.2, 0.25) is 0 Å². The van der Waals surface area contributed by atoms with E-state index in [1.54, 1.807) is 0 Å². The smallest absolute Gasteiger partial charge is 0.0170 e. The minimum absolute atomic E-state index is 0.181. The fourth-order valence-electron chi connectivity index (χ4n) is 1.47. The lowest BCUT2D eigenvalue weighted by Crippen LogP contribution is -2.36. The van der Waals surface area contributed by atoms with Crippen LogP contribution in [0.4, 0.5) is 0 Å². The molecular weight excluding hydrogens is 194 g/mol. The average molecular weight is 217 g/mol. The Kier molecular flexibility index (Phi) is 4.31. The lowest BCUT2D eigenvalue weighted by molar-refractivity contribution is 0.445. The third kappa shape index (κ3) is 4.63. The van der Waals surface area contributed by atoms with Gasteiger partial charge < -0.3 is 5.32 Å². The molecule has 0 bridgehead atoms. The molecule has 0 heterocycles. The second-order valence-corrected chi connectivity index (χ2v) is 5.45. The average Bonchev–Trinajstić information content (AvgIpc) is 2.18. The van der Waals surface area contributed by atoms with Crippen LogP contribution in [-0.2, 0) is 0 Å². The van der Waals surface area contributed by atoms with Crippen molar-refractivity contribution in [2.24, 2.45) is 0 Å². The van der Waals surface area contributed by atoms with Crippen molar-refractivity contribution in [1.29, 1.82) is 0 Å². The van der Waals surface area contributed by atoms with E-state index in [4.69, 9.17) is 0 Å². The first-order chi connectivity index (χ1) is 7.38. The van der Waals surface area contributed by atoms with Gasteiger partial charge in [0.05, 0.1) is 0 Å². The summed E-state index contributed by atoms with van der Waals surface area (Å²) in [6.45, 7) is 11.8. The van der Waals surface area contributed by atoms with Gasteiger partial charge in [-0.25, -0.2) is 0 Å². The normalized spacial score (nSPS) is 12.9. The molecule has 0 aliphatic heterocycles. The molecule has 0 aromatic heterocycles. The molecule has 0 aliphatic carbocycles. The minimum atomic E-state index is 0.181. The molecular formula is C15H23N. The van der Waals surface area contributed by atoms with Crippen LogP contribution in [0.5, 0.6) is 0 Å². The number of nitrogens with one attached hydrogen (secondary N) is 1. The second kappa shape index (κ2) is 5.31. The van der Waals surface area contributed by atoms with Gasteiger partial charge in [0.25, 0.3) is 0 Å². The van der Waals surface area contributed by atoms with Crippen LogP contribution in [0.3, 0.4) is 0 Å². The van der Waals surface area contributed by atoms with Crippen molar-refractivity contribution in [1.82, 2.24) is 5.32 Å². The summed E-state index contributed by atoms with van der Waals surface area (Å²) < 4.78 is 0. The summed E-state index contributed by atoms with van der Waals surface area (Å²) in [5.41, 5.74) is 4.19. The minimum Gasteiger partial charge on any atom is -0.308 e. The highest BCUT2D eigenvalue weighted by Gasteiger charge is 2.07. The molecule has 1 N–H and O–H groups in total. The van der Waals surface area contributed by atoms with Gasteiger partial charge in [-0.1, -0.05) is 35.9 Å². The molecule has 0 radical (unpaired) electrons. The Labute approximate surface area is 99.6 Å². The Morgan fingerprint density at radius 2 is 1.88 bits per heavy atom. The Morgan fingerprint density at radius 1 is 1.25 bits per heavy atom. The van der Waals surface area contributed by atoms with Crippen molar-refractivity contribution in [3.63, 3.8) is 0 Å². The predicted octanol–water partition coefficient (Wildman–Crippen LogP) is 3.79. The van der Waals surface area contributed by atoms with Crippen LogP contribution < -0.4 is 5.32 Å². The molecule has 1 rings (SSSR count). The lowest BCUT2D eigenvalue weighted by atomic mass is 10.1. The van der Waals surface area contributed by atoms with E-state index in [9.17, 15) is 0 Å². The molecule has 1 aromatic rings. The van der Waals surface area contributed by atoms with Crippen molar-refractivity contribution in [2.45, 2.75) is 40.2 Å². The molecule has 0 amide bonds. The second-order valence-electron chi connectivity index (χ2n) is 5.45. The van der Waals surface area contributed by atoms with Crippen LogP contribution in [0.15, 0.2) is 29.8 Å². The first-order valence-electron chi connectivity index (χ1n) is 5.86. The molecule has 88 valence electrons. The Bertz CT molecular complexity index is 369. The van der Waals surface area contributed by atoms with Crippen molar-refractivity contribution < 1.29 is 0 Å². The van der Waals surface area contributed by atoms with Gasteiger partial charge in [-0.15, -0.1) is 0 Å². The highest BCUT2D eigenvalue weighted by atomic mass is 14.9. The molecule has 0 atom stereocenters. The maximum Gasteiger partial charge on any atom is 0.0170 e. The fraction of sp³-hybridized carbons (Fsp3) is 0.467. The Balaban J connectivity index is 2.67. The Hall–Kier alpha value is -1.08. The summed E-state index contributed by atoms with van der Waals surface area (Å²) in [7, 11) is 0. The molecule has 1 aromatic carbocycles. The summed E-state index contributed by atoms with van der Waals surface area (Å²) in [5, 5.41) is 3.49. The van der Waals surface area contributed by atoms with Crippen LogP contribution >= 0.6 is 0 Å². The van der Waals surface area contributed by atoms with Crippen molar-refractivity contribution in [3.05, 3.63) is 41.0 Å². The molecule has 1 heteroatoms. The summed E-state index contributed by atoms with van der Waals surface area (Å²) in [4.78, 5) is 0. The molecule has 0 fully saturated rings.